The summed E-state index contributed by atoms with van der Waals surface area (Å²) >= 11 is 0. The third-order valence-corrected chi connectivity index (χ3v) is 14.2. The van der Waals surface area contributed by atoms with Gasteiger partial charge in [0, 0.05) is 50.9 Å². The van der Waals surface area contributed by atoms with Crippen molar-refractivity contribution < 1.29 is 72.4 Å². The van der Waals surface area contributed by atoms with Crippen molar-refractivity contribution in [3.63, 3.8) is 0 Å². The Hall–Kier alpha value is -3.69. The molecule has 3 N–H and O–H groups in total. The van der Waals surface area contributed by atoms with Crippen LogP contribution in [0.2, 0.25) is 0 Å². The molecule has 5 unspecified atom stereocenters. The van der Waals surface area contributed by atoms with Gasteiger partial charge in [0.05, 0.1) is 42.4 Å². The standard InChI is InChI=1S/C52H81N3O15/c1-11-41(58)67-40-28-43(60)66-36(18-15-17-34-22-24-53-38-21-14-13-20-37(34)38)19-16-25-55(9)30-39(57)31(3)27-35(23-26-56)48(49(40)63-10)70-51-46(61)45(54(7)8)47(32(4)65-51)69-44-29-52(6,62)50(33(5)64-44)68-42(59)12-2/h13-14,20-22,24,26,31-33,35-36,39-40,44-51,57,61-62H,11-12,15-19,23,25,27-30H2,1-10H3/t31-,32?,33?,35+,36-,39+,40-,44+,45?,46?,47+,48+,49+,50+,51+,52?/m1/s1. The average Bonchev–Trinajstić information content (AvgIpc) is 3.30. The Morgan fingerprint density at radius 3 is 2.37 bits per heavy atom. The van der Waals surface area contributed by atoms with Gasteiger partial charge in [-0.1, -0.05) is 39.0 Å². The fourth-order valence-corrected chi connectivity index (χ4v) is 10.4. The Morgan fingerprint density at radius 1 is 0.986 bits per heavy atom. The molecule has 3 aliphatic heterocycles. The lowest BCUT2D eigenvalue weighted by atomic mass is 9.82. The normalized spacial score (nSPS) is 35.5. The van der Waals surface area contributed by atoms with E-state index in [1.165, 1.54) is 7.11 Å². The Morgan fingerprint density at radius 2 is 1.70 bits per heavy atom. The number of ether oxygens (including phenoxy) is 8. The number of pyridine rings is 1. The van der Waals surface area contributed by atoms with Crippen molar-refractivity contribution in [3.05, 3.63) is 42.1 Å². The molecule has 18 nitrogen and oxygen atoms in total. The molecule has 3 fully saturated rings. The van der Waals surface area contributed by atoms with Gasteiger partial charge in [-0.3, -0.25) is 19.4 Å². The number of carbonyl (C=O) groups is 4. The van der Waals surface area contributed by atoms with Crippen LogP contribution in [0.5, 0.6) is 0 Å². The van der Waals surface area contributed by atoms with E-state index in [1.807, 2.05) is 43.1 Å². The zero-order valence-electron chi connectivity index (χ0n) is 43.0. The predicted octanol–water partition coefficient (Wildman–Crippen LogP) is 4.53. The van der Waals surface area contributed by atoms with Gasteiger partial charge in [0.2, 0.25) is 0 Å². The number of aryl methyl sites for hydroxylation is 1. The van der Waals surface area contributed by atoms with Gasteiger partial charge in [0.1, 0.15) is 42.4 Å². The number of nitrogens with zero attached hydrogens (tertiary/aromatic N) is 3. The number of aromatic nitrogens is 1. The van der Waals surface area contributed by atoms with Crippen LogP contribution in [0.25, 0.3) is 10.9 Å². The zero-order valence-corrected chi connectivity index (χ0v) is 43.0. The van der Waals surface area contributed by atoms with Gasteiger partial charge in [-0.25, -0.2) is 0 Å². The molecule has 0 bridgehead atoms. The first-order valence-electron chi connectivity index (χ1n) is 25.2. The van der Waals surface area contributed by atoms with Crippen molar-refractivity contribution in [2.75, 3.05) is 41.3 Å². The predicted molar refractivity (Wildman–Crippen MR) is 258 cm³/mol. The second kappa shape index (κ2) is 26.8. The first kappa shape index (κ1) is 57.2. The van der Waals surface area contributed by atoms with Crippen LogP contribution in [-0.4, -0.2) is 181 Å². The highest BCUT2D eigenvalue weighted by atomic mass is 16.7. The van der Waals surface area contributed by atoms with Crippen LogP contribution in [0.15, 0.2) is 36.5 Å². The summed E-state index contributed by atoms with van der Waals surface area (Å²) in [6, 6.07) is 9.19. The Bertz CT molecular complexity index is 1970. The smallest absolute Gasteiger partial charge is 0.309 e. The third-order valence-electron chi connectivity index (χ3n) is 14.2. The molecule has 0 amide bonds. The first-order valence-corrected chi connectivity index (χ1v) is 25.2. The van der Waals surface area contributed by atoms with Crippen LogP contribution >= 0.6 is 0 Å². The maximum Gasteiger partial charge on any atom is 0.309 e. The van der Waals surface area contributed by atoms with Gasteiger partial charge >= 0.3 is 17.9 Å². The Kier molecular flexibility index (Phi) is 21.9. The molecular formula is C52H81N3O15. The van der Waals surface area contributed by atoms with Crippen molar-refractivity contribution in [3.8, 4) is 0 Å². The summed E-state index contributed by atoms with van der Waals surface area (Å²) in [4.78, 5) is 60.5. The highest BCUT2D eigenvalue weighted by Crippen LogP contribution is 2.38. The molecule has 16 atom stereocenters. The summed E-state index contributed by atoms with van der Waals surface area (Å²) < 4.78 is 50.0. The number of β-amino-alcohol motifs (C(OH)–C–C–N with tert-alkyl or cyclic N) is 1. The first-order chi connectivity index (χ1) is 33.3. The molecule has 0 radical (unpaired) electrons. The minimum absolute atomic E-state index is 0.00827. The Labute approximate surface area is 413 Å². The lowest BCUT2D eigenvalue weighted by Crippen LogP contribution is -2.66. The quantitative estimate of drug-likeness (QED) is 0.119. The molecule has 3 aliphatic rings. The summed E-state index contributed by atoms with van der Waals surface area (Å²) in [5.74, 6) is -2.75. The van der Waals surface area contributed by atoms with Crippen LogP contribution in [0, 0.1) is 11.8 Å². The lowest BCUT2D eigenvalue weighted by molar-refractivity contribution is -0.344. The van der Waals surface area contributed by atoms with Gasteiger partial charge in [0.15, 0.2) is 18.7 Å². The number of esters is 3. The molecule has 1 aromatic carbocycles. The number of benzene rings is 1. The van der Waals surface area contributed by atoms with Gasteiger partial charge in [0.25, 0.3) is 0 Å². The van der Waals surface area contributed by atoms with E-state index in [2.05, 4.69) is 11.1 Å². The number of aldehydes is 1. The third kappa shape index (κ3) is 15.4. The van der Waals surface area contributed by atoms with E-state index in [9.17, 15) is 34.5 Å². The van der Waals surface area contributed by atoms with Crippen LogP contribution in [-0.2, 0) is 63.5 Å². The maximum absolute atomic E-state index is 14.2. The van der Waals surface area contributed by atoms with Crippen molar-refractivity contribution >= 4 is 35.1 Å². The van der Waals surface area contributed by atoms with Gasteiger partial charge in [-0.05, 0) is 117 Å². The number of fused-ring (bicyclic) bond motifs is 1. The number of cyclic esters (lactones) is 1. The van der Waals surface area contributed by atoms with E-state index in [0.717, 1.165) is 35.6 Å². The maximum atomic E-state index is 14.2. The zero-order chi connectivity index (χ0) is 51.3. The van der Waals surface area contributed by atoms with Crippen molar-refractivity contribution in [2.24, 2.45) is 11.8 Å². The van der Waals surface area contributed by atoms with Gasteiger partial charge < -0.3 is 67.8 Å². The van der Waals surface area contributed by atoms with E-state index in [1.54, 1.807) is 59.8 Å². The largest absolute Gasteiger partial charge is 0.462 e. The van der Waals surface area contributed by atoms with Gasteiger partial charge in [-0.2, -0.15) is 0 Å². The molecule has 4 heterocycles. The Balaban J connectivity index is 1.43. The molecule has 2 aromatic rings. The van der Waals surface area contributed by atoms with E-state index in [0.29, 0.717) is 32.4 Å². The van der Waals surface area contributed by atoms with E-state index >= 15 is 0 Å². The topological polar surface area (TPSA) is 222 Å². The number of aliphatic hydroxyl groups excluding tert-OH is 2. The fraction of sp³-hybridized carbons (Fsp3) is 0.750. The minimum atomic E-state index is -1.50. The second-order valence-corrected chi connectivity index (χ2v) is 20.1. The summed E-state index contributed by atoms with van der Waals surface area (Å²) in [7, 11) is 6.86. The summed E-state index contributed by atoms with van der Waals surface area (Å²) in [5.41, 5.74) is 0.554. The highest BCUT2D eigenvalue weighted by molar-refractivity contribution is 5.81. The van der Waals surface area contributed by atoms with Crippen molar-refractivity contribution in [1.29, 1.82) is 0 Å². The minimum Gasteiger partial charge on any atom is -0.462 e. The summed E-state index contributed by atoms with van der Waals surface area (Å²) in [6.45, 7) is 11.2. The average molecular weight is 988 g/mol. The number of hydrogen-bond donors (Lipinski definition) is 3. The van der Waals surface area contributed by atoms with Crippen LogP contribution in [0.4, 0.5) is 0 Å². The highest BCUT2D eigenvalue weighted by Gasteiger charge is 2.53. The van der Waals surface area contributed by atoms with Crippen molar-refractivity contribution in [1.82, 2.24) is 14.8 Å². The van der Waals surface area contributed by atoms with Gasteiger partial charge in [-0.15, -0.1) is 0 Å². The number of aliphatic hydroxyl groups is 3. The molecule has 0 saturated carbocycles. The molecule has 0 aliphatic carbocycles. The number of methoxy groups -OCH3 is 1. The molecule has 3 saturated heterocycles. The molecule has 18 heteroatoms. The van der Waals surface area contributed by atoms with Crippen LogP contribution in [0.3, 0.4) is 0 Å². The number of likely N-dealkylation sites (N-methyl/N-ethyl adjacent to an activating group) is 2. The van der Waals surface area contributed by atoms with E-state index in [4.69, 9.17) is 37.9 Å². The fourth-order valence-electron chi connectivity index (χ4n) is 10.4. The van der Waals surface area contributed by atoms with E-state index in [-0.39, 0.29) is 38.0 Å². The van der Waals surface area contributed by atoms with Crippen molar-refractivity contribution in [2.45, 2.75) is 197 Å². The molecule has 5 rings (SSSR count). The molecule has 0 spiro atoms. The second-order valence-electron chi connectivity index (χ2n) is 20.1. The van der Waals surface area contributed by atoms with Crippen LogP contribution < -0.4 is 0 Å². The SMILES string of the molecule is CCC(=O)O[C@@H]1CC(=O)O[C@H](CCCc2ccnc3ccccc23)CCCN(C)C[C@H](O)[C@H](C)C[C@H](CC=O)[C@H](O[C@@H]2OC(C)[C@H](O[C@H]3CC(C)(O)[C@@H](OC(=O)CC)C(C)O3)C(N(C)C)C2O)[C@H]1OC. The van der Waals surface area contributed by atoms with E-state index < -0.39 is 116 Å². The molecule has 70 heavy (non-hydrogen) atoms. The number of para-hydroxylation sites is 1. The number of rotatable bonds is 16. The summed E-state index contributed by atoms with van der Waals surface area (Å²) in [6.07, 6.45) is -6.24. The van der Waals surface area contributed by atoms with Crippen LogP contribution in [0.1, 0.15) is 111 Å². The molecular weight excluding hydrogens is 907 g/mol. The molecule has 394 valence electrons. The monoisotopic (exact) mass is 988 g/mol. The molecule has 1 aromatic heterocycles. The number of carbonyl (C=O) groups excluding carboxylic acids is 4. The number of hydrogen-bond acceptors (Lipinski definition) is 18. The lowest BCUT2D eigenvalue weighted by Gasteiger charge is -2.50. The summed E-state index contributed by atoms with van der Waals surface area (Å²) in [5, 5.41) is 36.5.